The minimum absolute atomic E-state index is 0.0237. The maximum Gasteiger partial charge on any atom is 0.417 e. The lowest BCUT2D eigenvalue weighted by Gasteiger charge is -2.17. The van der Waals surface area contributed by atoms with E-state index in [0.717, 1.165) is 12.8 Å². The largest absolute Gasteiger partial charge is 0.417 e. The zero-order chi connectivity index (χ0) is 12.8. The number of halogens is 3. The second-order valence-electron chi connectivity index (χ2n) is 4.39. The number of carbonyl (C=O) groups excluding carboxylic acids is 1. The van der Waals surface area contributed by atoms with Crippen molar-refractivity contribution < 1.29 is 18.0 Å². The van der Waals surface area contributed by atoms with Gasteiger partial charge >= 0.3 is 6.18 Å². The van der Waals surface area contributed by atoms with Gasteiger partial charge in [0.1, 0.15) is 0 Å². The summed E-state index contributed by atoms with van der Waals surface area (Å²) in [4.78, 5) is 15.1. The number of carbonyl (C=O) groups is 1. The van der Waals surface area contributed by atoms with Gasteiger partial charge in [0.25, 0.3) is 0 Å². The molecule has 0 unspecified atom stereocenters. The van der Waals surface area contributed by atoms with Gasteiger partial charge in [-0.3, -0.25) is 9.78 Å². The molecule has 0 aromatic carbocycles. The zero-order valence-corrected chi connectivity index (χ0v) is 9.56. The first-order valence-corrected chi connectivity index (χ1v) is 5.39. The van der Waals surface area contributed by atoms with Gasteiger partial charge < -0.3 is 0 Å². The summed E-state index contributed by atoms with van der Waals surface area (Å²) in [6.07, 6.45) is -2.59. The van der Waals surface area contributed by atoms with E-state index in [0.29, 0.717) is 11.4 Å². The molecule has 17 heavy (non-hydrogen) atoms. The molecule has 1 heterocycles. The molecule has 5 heteroatoms. The molecule has 1 aliphatic rings. The van der Waals surface area contributed by atoms with Crippen molar-refractivity contribution in [3.8, 4) is 0 Å². The van der Waals surface area contributed by atoms with Crippen LogP contribution in [0.2, 0.25) is 0 Å². The number of pyridine rings is 1. The van der Waals surface area contributed by atoms with Crippen LogP contribution < -0.4 is 0 Å². The van der Waals surface area contributed by atoms with Crippen molar-refractivity contribution in [3.05, 3.63) is 28.1 Å². The van der Waals surface area contributed by atoms with E-state index in [1.807, 2.05) is 0 Å². The van der Waals surface area contributed by atoms with Crippen LogP contribution in [0.3, 0.4) is 0 Å². The Morgan fingerprint density at radius 3 is 2.29 bits per heavy atom. The van der Waals surface area contributed by atoms with Crippen LogP contribution in [0.25, 0.3) is 0 Å². The number of aromatic nitrogens is 1. The summed E-state index contributed by atoms with van der Waals surface area (Å²) in [6.45, 7) is 2.90. The van der Waals surface area contributed by atoms with Gasteiger partial charge in [-0.1, -0.05) is 0 Å². The molecular formula is C12H12F3NO. The van der Waals surface area contributed by atoms with Crippen LogP contribution in [-0.4, -0.2) is 11.3 Å². The zero-order valence-electron chi connectivity index (χ0n) is 9.56. The van der Waals surface area contributed by atoms with Gasteiger partial charge in [-0.2, -0.15) is 13.2 Å². The topological polar surface area (TPSA) is 30.0 Å². The first-order valence-electron chi connectivity index (χ1n) is 5.39. The number of aldehydes is 1. The molecule has 0 spiro atoms. The summed E-state index contributed by atoms with van der Waals surface area (Å²) >= 11 is 0. The summed E-state index contributed by atoms with van der Waals surface area (Å²) in [7, 11) is 0. The Morgan fingerprint density at radius 2 is 1.88 bits per heavy atom. The SMILES string of the molecule is Cc1nc(C2CC2)c(C=O)c(C(F)(F)F)c1C. The van der Waals surface area contributed by atoms with Gasteiger partial charge in [-0.15, -0.1) is 0 Å². The van der Waals surface area contributed by atoms with Crippen molar-refractivity contribution in [2.24, 2.45) is 0 Å². The van der Waals surface area contributed by atoms with Crippen LogP contribution in [0.5, 0.6) is 0 Å². The highest BCUT2D eigenvalue weighted by Gasteiger charge is 2.40. The Labute approximate surface area is 96.9 Å². The van der Waals surface area contributed by atoms with E-state index in [2.05, 4.69) is 4.98 Å². The fraction of sp³-hybridized carbons (Fsp3) is 0.500. The van der Waals surface area contributed by atoms with Gasteiger partial charge in [0.15, 0.2) is 6.29 Å². The first-order chi connectivity index (χ1) is 7.86. The Hall–Kier alpha value is -1.39. The molecule has 1 aromatic heterocycles. The van der Waals surface area contributed by atoms with Gasteiger partial charge in [0, 0.05) is 17.2 Å². The Bertz CT molecular complexity index is 476. The van der Waals surface area contributed by atoms with E-state index in [9.17, 15) is 18.0 Å². The summed E-state index contributed by atoms with van der Waals surface area (Å²) in [6, 6.07) is 0. The molecule has 0 radical (unpaired) electrons. The number of hydrogen-bond donors (Lipinski definition) is 0. The third kappa shape index (κ3) is 2.06. The van der Waals surface area contributed by atoms with Crippen molar-refractivity contribution in [3.63, 3.8) is 0 Å². The van der Waals surface area contributed by atoms with Crippen molar-refractivity contribution in [1.29, 1.82) is 0 Å². The third-order valence-electron chi connectivity index (χ3n) is 3.12. The third-order valence-corrected chi connectivity index (χ3v) is 3.12. The monoisotopic (exact) mass is 243 g/mol. The van der Waals surface area contributed by atoms with Crippen molar-refractivity contribution in [2.75, 3.05) is 0 Å². The lowest BCUT2D eigenvalue weighted by atomic mass is 9.98. The predicted octanol–water partition coefficient (Wildman–Crippen LogP) is 3.41. The molecule has 1 aliphatic carbocycles. The van der Waals surface area contributed by atoms with Crippen molar-refractivity contribution >= 4 is 6.29 Å². The van der Waals surface area contributed by atoms with Crippen LogP contribution in [0.15, 0.2) is 0 Å². The van der Waals surface area contributed by atoms with E-state index < -0.39 is 11.7 Å². The van der Waals surface area contributed by atoms with Crippen LogP contribution in [-0.2, 0) is 6.18 Å². The molecule has 1 saturated carbocycles. The smallest absolute Gasteiger partial charge is 0.298 e. The van der Waals surface area contributed by atoms with Gasteiger partial charge in [-0.05, 0) is 32.3 Å². The molecule has 2 nitrogen and oxygen atoms in total. The van der Waals surface area contributed by atoms with Crippen LogP contribution in [0.1, 0.15) is 51.6 Å². The maximum atomic E-state index is 13.0. The molecule has 92 valence electrons. The summed E-state index contributed by atoms with van der Waals surface area (Å²) in [5.74, 6) is 0.0237. The number of aryl methyl sites for hydroxylation is 1. The van der Waals surface area contributed by atoms with E-state index in [1.54, 1.807) is 6.92 Å². The first kappa shape index (κ1) is 12.1. The second-order valence-corrected chi connectivity index (χ2v) is 4.39. The van der Waals surface area contributed by atoms with Crippen molar-refractivity contribution in [2.45, 2.75) is 38.8 Å². The number of rotatable bonds is 2. The van der Waals surface area contributed by atoms with E-state index in [-0.39, 0.29) is 23.3 Å². The highest BCUT2D eigenvalue weighted by Crippen LogP contribution is 2.44. The van der Waals surface area contributed by atoms with Crippen LogP contribution in [0.4, 0.5) is 13.2 Å². The highest BCUT2D eigenvalue weighted by atomic mass is 19.4. The lowest BCUT2D eigenvalue weighted by Crippen LogP contribution is -2.16. The molecular weight excluding hydrogens is 231 g/mol. The number of alkyl halides is 3. The average molecular weight is 243 g/mol. The van der Waals surface area contributed by atoms with Crippen molar-refractivity contribution in [1.82, 2.24) is 4.98 Å². The number of nitrogens with zero attached hydrogens (tertiary/aromatic N) is 1. The normalized spacial score (nSPS) is 16.1. The summed E-state index contributed by atoms with van der Waals surface area (Å²) in [5.41, 5.74) is -0.380. The Morgan fingerprint density at radius 1 is 1.29 bits per heavy atom. The molecule has 0 N–H and O–H groups in total. The minimum atomic E-state index is -4.50. The van der Waals surface area contributed by atoms with E-state index >= 15 is 0 Å². The molecule has 1 fully saturated rings. The van der Waals surface area contributed by atoms with Gasteiger partial charge in [0.05, 0.1) is 11.3 Å². The minimum Gasteiger partial charge on any atom is -0.298 e. The molecule has 0 amide bonds. The van der Waals surface area contributed by atoms with Crippen LogP contribution in [0, 0.1) is 13.8 Å². The van der Waals surface area contributed by atoms with E-state index in [1.165, 1.54) is 6.92 Å². The molecule has 0 saturated heterocycles. The quantitative estimate of drug-likeness (QED) is 0.745. The Balaban J connectivity index is 2.73. The number of hydrogen-bond acceptors (Lipinski definition) is 2. The van der Waals surface area contributed by atoms with Gasteiger partial charge in [-0.25, -0.2) is 0 Å². The highest BCUT2D eigenvalue weighted by molar-refractivity contribution is 5.81. The predicted molar refractivity (Wildman–Crippen MR) is 56.1 cm³/mol. The Kier molecular flexibility index (Phi) is 2.72. The summed E-state index contributed by atoms with van der Waals surface area (Å²) < 4.78 is 38.9. The molecule has 0 atom stereocenters. The molecule has 0 bridgehead atoms. The molecule has 2 rings (SSSR count). The fourth-order valence-corrected chi connectivity index (χ4v) is 1.99. The fourth-order valence-electron chi connectivity index (χ4n) is 1.99. The van der Waals surface area contributed by atoms with E-state index in [4.69, 9.17) is 0 Å². The van der Waals surface area contributed by atoms with Crippen LogP contribution >= 0.6 is 0 Å². The molecule has 0 aliphatic heterocycles. The maximum absolute atomic E-state index is 13.0. The lowest BCUT2D eigenvalue weighted by molar-refractivity contribution is -0.138. The average Bonchev–Trinajstić information content (AvgIpc) is 3.02. The standard InChI is InChI=1S/C12H12F3NO/c1-6-7(2)16-11(8-3-4-8)9(5-17)10(6)12(13,14)15/h5,8H,3-4H2,1-2H3. The second kappa shape index (κ2) is 3.82. The summed E-state index contributed by atoms with van der Waals surface area (Å²) in [5, 5.41) is 0. The van der Waals surface area contributed by atoms with Gasteiger partial charge in [0.2, 0.25) is 0 Å². The molecule has 1 aromatic rings.